The van der Waals surface area contributed by atoms with Crippen LogP contribution in [-0.4, -0.2) is 62.3 Å². The Morgan fingerprint density at radius 1 is 1.04 bits per heavy atom. The van der Waals surface area contributed by atoms with Crippen LogP contribution in [0.1, 0.15) is 67.8 Å². The third-order valence-corrected chi connectivity index (χ3v) is 10.6. The van der Waals surface area contributed by atoms with Crippen LogP contribution in [0.5, 0.6) is 11.5 Å². The third kappa shape index (κ3) is 8.55. The smallest absolute Gasteiger partial charge is 0.387 e. The first kappa shape index (κ1) is 37.9. The van der Waals surface area contributed by atoms with Crippen molar-refractivity contribution in [1.29, 1.82) is 0 Å². The molecule has 0 bridgehead atoms. The summed E-state index contributed by atoms with van der Waals surface area (Å²) in [4.78, 5) is 44.1. The number of sulfonamides is 1. The number of hydrogen-bond acceptors (Lipinski definition) is 10. The molecular formula is C35H33Cl2F2N4O9S+. The fourth-order valence-electron chi connectivity index (χ4n) is 5.78. The molecule has 2 aromatic carbocycles. The van der Waals surface area contributed by atoms with Crippen LogP contribution in [0.15, 0.2) is 53.3 Å². The van der Waals surface area contributed by atoms with Gasteiger partial charge in [-0.15, -0.1) is 0 Å². The van der Waals surface area contributed by atoms with E-state index in [0.29, 0.717) is 33.0 Å². The van der Waals surface area contributed by atoms with E-state index in [-0.39, 0.29) is 63.8 Å². The predicted octanol–water partition coefficient (Wildman–Crippen LogP) is 5.89. The van der Waals surface area contributed by atoms with E-state index in [1.165, 1.54) is 48.8 Å². The van der Waals surface area contributed by atoms with Gasteiger partial charge in [0.1, 0.15) is 28.5 Å². The summed E-state index contributed by atoms with van der Waals surface area (Å²) < 4.78 is 74.7. The number of fused-ring (bicyclic) bond motifs is 1. The Morgan fingerprint density at radius 3 is 2.36 bits per heavy atom. The number of hydrogen-bond donors (Lipinski definition) is 0. The number of amides is 2. The Kier molecular flexibility index (Phi) is 10.9. The van der Waals surface area contributed by atoms with E-state index >= 15 is 0 Å². The summed E-state index contributed by atoms with van der Waals surface area (Å²) in [5.74, 6) is -2.16. The molecular weight excluding hydrogens is 761 g/mol. The second kappa shape index (κ2) is 15.3. The summed E-state index contributed by atoms with van der Waals surface area (Å²) >= 11 is 12.8. The zero-order valence-corrected chi connectivity index (χ0v) is 30.9. The van der Waals surface area contributed by atoms with E-state index in [1.54, 1.807) is 13.8 Å². The number of pyridine rings is 1. The Morgan fingerprint density at radius 2 is 1.74 bits per heavy atom. The minimum absolute atomic E-state index is 0.00276. The highest BCUT2D eigenvalue weighted by Gasteiger charge is 2.39. The Labute approximate surface area is 312 Å². The molecule has 1 fully saturated rings. The zero-order valence-electron chi connectivity index (χ0n) is 28.5. The van der Waals surface area contributed by atoms with E-state index in [9.17, 15) is 31.6 Å². The number of carbonyl (C=O) groups is 3. The van der Waals surface area contributed by atoms with Crippen molar-refractivity contribution in [2.24, 2.45) is 5.92 Å². The van der Waals surface area contributed by atoms with Crippen molar-refractivity contribution >= 4 is 56.7 Å². The number of ether oxygens (including phenoxy) is 3. The number of imide groups is 1. The van der Waals surface area contributed by atoms with Gasteiger partial charge < -0.3 is 18.7 Å². The van der Waals surface area contributed by atoms with E-state index < -0.39 is 47.1 Å². The topological polar surface area (TPSA) is 160 Å². The largest absolute Gasteiger partial charge is 0.489 e. The molecule has 6 rings (SSSR count). The maximum absolute atomic E-state index is 13.6. The standard InChI is InChI=1S/C35H32Cl2F2N4O9S/c1-18-26(19(2)52-41-18)15-43(53(3,47)48)22-7-8-23-24(11-22)34(46)42(33(23)45)16-32(44)50-30(12-25-27(36)13-40-14-28(25)37)21-6-9-29(51-35(38)39)31(10-21)49-17-20-4-5-20/h6-11,13-14,20,30,35H,4-5,12,15-17H2,1-3H3/p+1/t30-/m0/s1. The highest BCUT2D eigenvalue weighted by Crippen LogP contribution is 2.38. The summed E-state index contributed by atoms with van der Waals surface area (Å²) in [6.07, 6.45) is 4.57. The number of anilines is 1. The predicted molar refractivity (Wildman–Crippen MR) is 186 cm³/mol. The van der Waals surface area contributed by atoms with Crippen molar-refractivity contribution in [1.82, 2.24) is 10.1 Å². The monoisotopic (exact) mass is 793 g/mol. The Hall–Kier alpha value is -4.80. The number of alkyl halides is 2. The van der Waals surface area contributed by atoms with Gasteiger partial charge in [0, 0.05) is 17.5 Å². The van der Waals surface area contributed by atoms with Gasteiger partial charge >= 0.3 is 12.6 Å². The molecule has 2 aromatic heterocycles. The van der Waals surface area contributed by atoms with Crippen molar-refractivity contribution in [2.45, 2.75) is 52.4 Å². The summed E-state index contributed by atoms with van der Waals surface area (Å²) in [5, 5.41) is 4.30. The van der Waals surface area contributed by atoms with Gasteiger partial charge in [0.15, 0.2) is 23.9 Å². The van der Waals surface area contributed by atoms with Gasteiger partial charge in [-0.3, -0.25) is 23.6 Å². The first-order chi connectivity index (χ1) is 25.1. The second-order valence-corrected chi connectivity index (χ2v) is 15.4. The van der Waals surface area contributed by atoms with Crippen LogP contribution in [0.2, 0.25) is 10.0 Å². The number of carbonyl (C=O) groups excluding carboxylic acids is 3. The molecule has 0 radical (unpaired) electrons. The molecule has 280 valence electrons. The lowest BCUT2D eigenvalue weighted by Gasteiger charge is -2.23. The number of benzene rings is 2. The van der Waals surface area contributed by atoms with Gasteiger partial charge in [0.2, 0.25) is 10.0 Å². The molecule has 2 amide bonds. The van der Waals surface area contributed by atoms with E-state index in [2.05, 4.69) is 14.9 Å². The lowest BCUT2D eigenvalue weighted by molar-refractivity contribution is -0.377. The number of aromatic nitrogens is 2. The number of aryl methyl sites for hydroxylation is 2. The van der Waals surface area contributed by atoms with E-state index in [1.807, 2.05) is 0 Å². The highest BCUT2D eigenvalue weighted by atomic mass is 35.5. The molecule has 3 heterocycles. The summed E-state index contributed by atoms with van der Waals surface area (Å²) in [7, 11) is -3.89. The van der Waals surface area contributed by atoms with Crippen molar-refractivity contribution in [3.05, 3.63) is 98.1 Å². The number of nitrogens with zero attached hydrogens (tertiary/aromatic N) is 3. The zero-order chi connectivity index (χ0) is 38.2. The van der Waals surface area contributed by atoms with Gasteiger partial charge in [-0.25, -0.2) is 13.4 Å². The van der Waals surface area contributed by atoms with Crippen LogP contribution >= 0.6 is 23.2 Å². The number of rotatable bonds is 15. The fraction of sp³-hybridized carbons (Fsp3) is 0.343. The third-order valence-electron chi connectivity index (χ3n) is 8.80. The van der Waals surface area contributed by atoms with Gasteiger partial charge in [-0.1, -0.05) is 34.4 Å². The molecule has 0 spiro atoms. The molecule has 1 atom stereocenters. The fourth-order valence-corrected chi connectivity index (χ4v) is 7.17. The normalized spacial score (nSPS) is 14.8. The van der Waals surface area contributed by atoms with Crippen LogP contribution in [-0.2, 0) is 32.5 Å². The average molecular weight is 795 g/mol. The molecule has 0 unspecified atom stereocenters. The maximum Gasteiger partial charge on any atom is 0.387 e. The van der Waals surface area contributed by atoms with Crippen molar-refractivity contribution < 1.29 is 55.3 Å². The lowest BCUT2D eigenvalue weighted by atomic mass is 10.0. The van der Waals surface area contributed by atoms with Crippen LogP contribution in [0.4, 0.5) is 14.5 Å². The van der Waals surface area contributed by atoms with E-state index in [0.717, 1.165) is 23.4 Å². The molecule has 4 aromatic rings. The minimum atomic E-state index is -3.89. The van der Waals surface area contributed by atoms with Crippen molar-refractivity contribution in [3.63, 3.8) is 0 Å². The lowest BCUT2D eigenvalue weighted by Crippen LogP contribution is -2.36. The minimum Gasteiger partial charge on any atom is -0.489 e. The van der Waals surface area contributed by atoms with E-state index in [4.69, 9.17) is 37.2 Å². The molecule has 53 heavy (non-hydrogen) atoms. The summed E-state index contributed by atoms with van der Waals surface area (Å²) in [6, 6.07) is 8.05. The Balaban J connectivity index is 1.26. The van der Waals surface area contributed by atoms with Gasteiger partial charge in [0.05, 0.1) is 41.9 Å². The summed E-state index contributed by atoms with van der Waals surface area (Å²) in [6.45, 7) is -0.503. The number of H-pyrrole nitrogens is 1. The average Bonchev–Trinajstić information content (AvgIpc) is 3.83. The molecule has 1 saturated carbocycles. The van der Waals surface area contributed by atoms with Crippen LogP contribution in [0.25, 0.3) is 0 Å². The SMILES string of the molecule is Cc1noc(C)c1CN(c1ccc2c(c1)C(=O)N(CC(=O)O[C@@H](Cc1c(Cl)c[nH+]cc1Cl)c1ccc(OC(F)F)c(OCC3CC3)c1)C2=O)S(C)(=O)=O. The molecule has 2 aliphatic rings. The first-order valence-corrected chi connectivity index (χ1v) is 18.9. The number of nitrogens with one attached hydrogen (secondary N) is 1. The molecule has 1 aliphatic carbocycles. The highest BCUT2D eigenvalue weighted by molar-refractivity contribution is 7.92. The van der Waals surface area contributed by atoms with Crippen molar-refractivity contribution in [3.8, 4) is 11.5 Å². The Bertz CT molecular complexity index is 2160. The van der Waals surface area contributed by atoms with Crippen LogP contribution in [0.3, 0.4) is 0 Å². The van der Waals surface area contributed by atoms with Crippen LogP contribution < -0.4 is 18.8 Å². The van der Waals surface area contributed by atoms with Gasteiger partial charge in [0.25, 0.3) is 11.8 Å². The van der Waals surface area contributed by atoms with Gasteiger partial charge in [-0.2, -0.15) is 8.78 Å². The van der Waals surface area contributed by atoms with Gasteiger partial charge in [-0.05, 0) is 68.5 Å². The number of aromatic amines is 1. The molecule has 1 N–H and O–H groups in total. The number of halogens is 4. The maximum atomic E-state index is 13.6. The molecule has 18 heteroatoms. The second-order valence-electron chi connectivity index (χ2n) is 12.7. The molecule has 13 nitrogen and oxygen atoms in total. The molecule has 0 saturated heterocycles. The number of esters is 1. The molecule has 1 aliphatic heterocycles. The first-order valence-electron chi connectivity index (χ1n) is 16.3. The van der Waals surface area contributed by atoms with Crippen molar-refractivity contribution in [2.75, 3.05) is 23.7 Å². The quantitative estimate of drug-likeness (QED) is 0.105. The summed E-state index contributed by atoms with van der Waals surface area (Å²) in [5.41, 5.74) is 1.66. The van der Waals surface area contributed by atoms with Crippen LogP contribution in [0, 0.1) is 19.8 Å².